The van der Waals surface area contributed by atoms with E-state index in [1.54, 1.807) is 19.1 Å². The highest BCUT2D eigenvalue weighted by Gasteiger charge is 2.21. The first kappa shape index (κ1) is 17.2. The van der Waals surface area contributed by atoms with E-state index in [0.717, 1.165) is 6.07 Å². The van der Waals surface area contributed by atoms with Crippen molar-refractivity contribution < 1.29 is 23.7 Å². The fourth-order valence-corrected chi connectivity index (χ4v) is 1.95. The monoisotopic (exact) mass is 332 g/mol. The number of rotatable bonds is 6. The minimum atomic E-state index is -1.05. The molecule has 0 saturated heterocycles. The average molecular weight is 332 g/mol. The second-order valence-electron chi connectivity index (χ2n) is 5.10. The molecule has 0 fully saturated rings. The van der Waals surface area contributed by atoms with E-state index in [4.69, 9.17) is 9.15 Å². The van der Waals surface area contributed by atoms with Crippen LogP contribution in [0.5, 0.6) is 0 Å². The third kappa shape index (κ3) is 4.19. The standard InChI is InChI=1S/C16H16N2O6/c1-10-5-6-12(8-14(10)18(21)22)16(20)24-11(2)15(19)17-9-13-4-3-7-23-13/h3-8,11H,9H2,1-2H3,(H,17,19)/t11-/m0/s1. The molecule has 0 spiro atoms. The molecule has 2 rings (SSSR count). The van der Waals surface area contributed by atoms with Gasteiger partial charge in [0, 0.05) is 11.6 Å². The molecule has 1 aromatic heterocycles. The Hall–Kier alpha value is -3.16. The van der Waals surface area contributed by atoms with Crippen LogP contribution in [0.3, 0.4) is 0 Å². The molecule has 1 heterocycles. The van der Waals surface area contributed by atoms with Crippen LogP contribution in [0.15, 0.2) is 41.0 Å². The Balaban J connectivity index is 1.96. The molecular formula is C16H16N2O6. The summed E-state index contributed by atoms with van der Waals surface area (Å²) in [7, 11) is 0. The summed E-state index contributed by atoms with van der Waals surface area (Å²) in [6, 6.07) is 7.39. The summed E-state index contributed by atoms with van der Waals surface area (Å²) in [5.74, 6) is -0.740. The van der Waals surface area contributed by atoms with Gasteiger partial charge in [-0.2, -0.15) is 0 Å². The van der Waals surface area contributed by atoms with Crippen molar-refractivity contribution in [3.63, 3.8) is 0 Å². The van der Waals surface area contributed by atoms with Gasteiger partial charge >= 0.3 is 5.97 Å². The quantitative estimate of drug-likeness (QED) is 0.494. The number of hydrogen-bond donors (Lipinski definition) is 1. The summed E-state index contributed by atoms with van der Waals surface area (Å²) < 4.78 is 10.1. The SMILES string of the molecule is Cc1ccc(C(=O)O[C@@H](C)C(=O)NCc2ccco2)cc1[N+](=O)[O-]. The number of nitro benzene ring substituents is 1. The van der Waals surface area contributed by atoms with Gasteiger partial charge in [-0.1, -0.05) is 6.07 Å². The number of furan rings is 1. The summed E-state index contributed by atoms with van der Waals surface area (Å²) in [6.07, 6.45) is 0.433. The van der Waals surface area contributed by atoms with Crippen LogP contribution >= 0.6 is 0 Å². The second-order valence-corrected chi connectivity index (χ2v) is 5.10. The molecule has 1 atom stereocenters. The molecule has 0 aliphatic rings. The first-order valence-electron chi connectivity index (χ1n) is 7.14. The third-order valence-corrected chi connectivity index (χ3v) is 3.31. The topological polar surface area (TPSA) is 112 Å². The predicted octanol–water partition coefficient (Wildman–Crippen LogP) is 2.36. The zero-order valence-electron chi connectivity index (χ0n) is 13.1. The predicted molar refractivity (Wildman–Crippen MR) is 83.3 cm³/mol. The minimum Gasteiger partial charge on any atom is -0.467 e. The molecule has 0 saturated carbocycles. The maximum absolute atomic E-state index is 12.0. The number of hydrogen-bond acceptors (Lipinski definition) is 6. The van der Waals surface area contributed by atoms with Gasteiger partial charge < -0.3 is 14.5 Å². The summed E-state index contributed by atoms with van der Waals surface area (Å²) in [5, 5.41) is 13.5. The number of carbonyl (C=O) groups is 2. The average Bonchev–Trinajstić information content (AvgIpc) is 3.05. The summed E-state index contributed by atoms with van der Waals surface area (Å²) in [4.78, 5) is 34.3. The largest absolute Gasteiger partial charge is 0.467 e. The number of nitrogens with one attached hydrogen (secondary N) is 1. The van der Waals surface area contributed by atoms with Crippen molar-refractivity contribution >= 4 is 17.6 Å². The fraction of sp³-hybridized carbons (Fsp3) is 0.250. The first-order valence-corrected chi connectivity index (χ1v) is 7.14. The lowest BCUT2D eigenvalue weighted by Gasteiger charge is -2.13. The van der Waals surface area contributed by atoms with E-state index in [1.807, 2.05) is 0 Å². The Morgan fingerprint density at radius 2 is 2.12 bits per heavy atom. The molecule has 8 nitrogen and oxygen atoms in total. The molecule has 1 aromatic carbocycles. The van der Waals surface area contributed by atoms with Gasteiger partial charge in [0.1, 0.15) is 5.76 Å². The molecule has 0 aliphatic heterocycles. The van der Waals surface area contributed by atoms with Gasteiger partial charge in [-0.05, 0) is 32.0 Å². The summed E-state index contributed by atoms with van der Waals surface area (Å²) in [5.41, 5.74) is 0.262. The fourth-order valence-electron chi connectivity index (χ4n) is 1.95. The zero-order chi connectivity index (χ0) is 17.7. The smallest absolute Gasteiger partial charge is 0.339 e. The number of benzene rings is 1. The van der Waals surface area contributed by atoms with Crippen LogP contribution < -0.4 is 5.32 Å². The Labute approximate surface area is 137 Å². The van der Waals surface area contributed by atoms with Crippen LogP contribution in [0.25, 0.3) is 0 Å². The molecule has 0 bridgehead atoms. The molecule has 0 aliphatic carbocycles. The summed E-state index contributed by atoms with van der Waals surface area (Å²) in [6.45, 7) is 3.15. The minimum absolute atomic E-state index is 0.0120. The number of esters is 1. The van der Waals surface area contributed by atoms with Crippen LogP contribution in [0, 0.1) is 17.0 Å². The van der Waals surface area contributed by atoms with Crippen LogP contribution in [-0.2, 0) is 16.1 Å². The van der Waals surface area contributed by atoms with Crippen LogP contribution in [0.2, 0.25) is 0 Å². The Bertz CT molecular complexity index is 754. The number of carbonyl (C=O) groups excluding carboxylic acids is 2. The van der Waals surface area contributed by atoms with Gasteiger partial charge in [0.15, 0.2) is 6.10 Å². The molecule has 1 amide bonds. The second kappa shape index (κ2) is 7.40. The third-order valence-electron chi connectivity index (χ3n) is 3.31. The van der Waals surface area contributed by atoms with E-state index in [0.29, 0.717) is 11.3 Å². The van der Waals surface area contributed by atoms with Crippen molar-refractivity contribution in [1.29, 1.82) is 0 Å². The van der Waals surface area contributed by atoms with E-state index in [9.17, 15) is 19.7 Å². The molecule has 2 aromatic rings. The van der Waals surface area contributed by atoms with Gasteiger partial charge in [-0.3, -0.25) is 14.9 Å². The van der Waals surface area contributed by atoms with Gasteiger partial charge in [-0.25, -0.2) is 4.79 Å². The first-order chi connectivity index (χ1) is 11.4. The highest BCUT2D eigenvalue weighted by Crippen LogP contribution is 2.20. The van der Waals surface area contributed by atoms with Gasteiger partial charge in [0.2, 0.25) is 0 Å². The van der Waals surface area contributed by atoms with E-state index < -0.39 is 22.9 Å². The van der Waals surface area contributed by atoms with Crippen molar-refractivity contribution in [2.45, 2.75) is 26.5 Å². The Kier molecular flexibility index (Phi) is 5.31. The molecule has 0 unspecified atom stereocenters. The van der Waals surface area contributed by atoms with Gasteiger partial charge in [-0.15, -0.1) is 0 Å². The molecule has 8 heteroatoms. The van der Waals surface area contributed by atoms with Crippen LogP contribution in [0.1, 0.15) is 28.6 Å². The number of nitrogens with zero attached hydrogens (tertiary/aromatic N) is 1. The molecule has 126 valence electrons. The maximum atomic E-state index is 12.0. The van der Waals surface area contributed by atoms with E-state index >= 15 is 0 Å². The van der Waals surface area contributed by atoms with Crippen molar-refractivity contribution in [3.05, 3.63) is 63.6 Å². The van der Waals surface area contributed by atoms with Crippen molar-refractivity contribution in [2.24, 2.45) is 0 Å². The van der Waals surface area contributed by atoms with Crippen LogP contribution in [0.4, 0.5) is 5.69 Å². The van der Waals surface area contributed by atoms with Crippen molar-refractivity contribution in [3.8, 4) is 0 Å². The van der Waals surface area contributed by atoms with Crippen molar-refractivity contribution in [1.82, 2.24) is 5.32 Å². The molecule has 24 heavy (non-hydrogen) atoms. The van der Waals surface area contributed by atoms with E-state index in [2.05, 4.69) is 5.32 Å². The van der Waals surface area contributed by atoms with E-state index in [-0.39, 0.29) is 17.8 Å². The van der Waals surface area contributed by atoms with Crippen LogP contribution in [-0.4, -0.2) is 22.9 Å². The number of aryl methyl sites for hydroxylation is 1. The number of ether oxygens (including phenoxy) is 1. The molecule has 1 N–H and O–H groups in total. The molecule has 0 radical (unpaired) electrons. The zero-order valence-corrected chi connectivity index (χ0v) is 13.1. The number of amides is 1. The van der Waals surface area contributed by atoms with E-state index in [1.165, 1.54) is 25.3 Å². The molecular weight excluding hydrogens is 316 g/mol. The lowest BCUT2D eigenvalue weighted by molar-refractivity contribution is -0.385. The van der Waals surface area contributed by atoms with Crippen molar-refractivity contribution in [2.75, 3.05) is 0 Å². The summed E-state index contributed by atoms with van der Waals surface area (Å²) >= 11 is 0. The lowest BCUT2D eigenvalue weighted by atomic mass is 10.1. The maximum Gasteiger partial charge on any atom is 0.339 e. The highest BCUT2D eigenvalue weighted by molar-refractivity contribution is 5.92. The van der Waals surface area contributed by atoms with Gasteiger partial charge in [0.05, 0.1) is 23.3 Å². The number of nitro groups is 1. The highest BCUT2D eigenvalue weighted by atomic mass is 16.6. The van der Waals surface area contributed by atoms with Gasteiger partial charge in [0.25, 0.3) is 11.6 Å². The Morgan fingerprint density at radius 3 is 2.75 bits per heavy atom. The Morgan fingerprint density at radius 1 is 1.38 bits per heavy atom. The normalized spacial score (nSPS) is 11.6. The lowest BCUT2D eigenvalue weighted by Crippen LogP contribution is -2.35.